The minimum atomic E-state index is -0.342. The molecule has 1 aromatic heterocycles. The Labute approximate surface area is 187 Å². The fourth-order valence-electron chi connectivity index (χ4n) is 4.06. The molecule has 8 heteroatoms. The number of ether oxygens (including phenoxy) is 1. The normalized spacial score (nSPS) is 16.2. The van der Waals surface area contributed by atoms with Gasteiger partial charge in [0.25, 0.3) is 5.91 Å². The lowest BCUT2D eigenvalue weighted by Gasteiger charge is -2.16. The van der Waals surface area contributed by atoms with E-state index in [4.69, 9.17) is 4.74 Å². The van der Waals surface area contributed by atoms with E-state index in [1.807, 2.05) is 12.1 Å². The van der Waals surface area contributed by atoms with Gasteiger partial charge in [-0.25, -0.2) is 4.98 Å². The molecule has 2 fully saturated rings. The summed E-state index contributed by atoms with van der Waals surface area (Å²) in [5, 5.41) is 5.43. The van der Waals surface area contributed by atoms with E-state index < -0.39 is 0 Å². The second kappa shape index (κ2) is 10.3. The molecular formula is C24H28N4O4. The molecule has 0 unspecified atom stereocenters. The van der Waals surface area contributed by atoms with Crippen LogP contribution in [-0.2, 0) is 16.1 Å². The maximum Gasteiger partial charge on any atom is 0.251 e. The van der Waals surface area contributed by atoms with E-state index in [1.54, 1.807) is 35.4 Å². The van der Waals surface area contributed by atoms with Crippen molar-refractivity contribution in [2.75, 3.05) is 18.0 Å². The number of aromatic nitrogens is 1. The predicted octanol–water partition coefficient (Wildman–Crippen LogP) is 2.58. The van der Waals surface area contributed by atoms with Gasteiger partial charge >= 0.3 is 0 Å². The number of benzene rings is 1. The Hall–Kier alpha value is -3.42. The number of rotatable bonds is 8. The average molecular weight is 437 g/mol. The number of hydrogen-bond acceptors (Lipinski definition) is 5. The fourth-order valence-corrected chi connectivity index (χ4v) is 4.06. The van der Waals surface area contributed by atoms with Gasteiger partial charge in [-0.3, -0.25) is 14.4 Å². The topological polar surface area (TPSA) is 101 Å². The number of anilines is 1. The van der Waals surface area contributed by atoms with Crippen molar-refractivity contribution in [2.24, 2.45) is 0 Å². The van der Waals surface area contributed by atoms with Crippen molar-refractivity contribution in [3.8, 4) is 5.88 Å². The highest BCUT2D eigenvalue weighted by atomic mass is 16.5. The van der Waals surface area contributed by atoms with Gasteiger partial charge in [0.1, 0.15) is 6.10 Å². The van der Waals surface area contributed by atoms with Crippen LogP contribution >= 0.6 is 0 Å². The van der Waals surface area contributed by atoms with Gasteiger partial charge in [0.2, 0.25) is 17.7 Å². The first-order valence-corrected chi connectivity index (χ1v) is 11.2. The van der Waals surface area contributed by atoms with Crippen LogP contribution in [0.4, 0.5) is 5.69 Å². The van der Waals surface area contributed by atoms with Crippen LogP contribution in [0.15, 0.2) is 42.6 Å². The van der Waals surface area contributed by atoms with Crippen LogP contribution in [0.3, 0.4) is 0 Å². The Balaban J connectivity index is 1.24. The quantitative estimate of drug-likeness (QED) is 0.662. The largest absolute Gasteiger partial charge is 0.474 e. The molecule has 4 rings (SSSR count). The first kappa shape index (κ1) is 21.8. The molecule has 168 valence electrons. The van der Waals surface area contributed by atoms with E-state index >= 15 is 0 Å². The van der Waals surface area contributed by atoms with Gasteiger partial charge in [0.15, 0.2) is 0 Å². The zero-order valence-corrected chi connectivity index (χ0v) is 18.0. The smallest absolute Gasteiger partial charge is 0.251 e. The summed E-state index contributed by atoms with van der Waals surface area (Å²) in [6, 6.07) is 10.5. The third-order valence-electron chi connectivity index (χ3n) is 5.83. The van der Waals surface area contributed by atoms with Gasteiger partial charge in [-0.2, -0.15) is 0 Å². The van der Waals surface area contributed by atoms with E-state index in [0.717, 1.165) is 30.5 Å². The molecule has 2 aromatic rings. The molecule has 1 aromatic carbocycles. The van der Waals surface area contributed by atoms with Crippen molar-refractivity contribution in [2.45, 2.75) is 51.2 Å². The highest BCUT2D eigenvalue weighted by molar-refractivity contribution is 5.98. The van der Waals surface area contributed by atoms with E-state index in [0.29, 0.717) is 24.4 Å². The number of nitrogens with zero attached hydrogens (tertiary/aromatic N) is 2. The summed E-state index contributed by atoms with van der Waals surface area (Å²) >= 11 is 0. The second-order valence-corrected chi connectivity index (χ2v) is 8.15. The van der Waals surface area contributed by atoms with Crippen LogP contribution in [0.5, 0.6) is 5.88 Å². The number of nitrogens with one attached hydrogen (secondary N) is 2. The van der Waals surface area contributed by atoms with Gasteiger partial charge < -0.3 is 20.3 Å². The number of hydrogen-bond donors (Lipinski definition) is 2. The molecular weight excluding hydrogens is 408 g/mol. The van der Waals surface area contributed by atoms with Crippen LogP contribution in [0.25, 0.3) is 0 Å². The van der Waals surface area contributed by atoms with Crippen molar-refractivity contribution in [1.82, 2.24) is 15.6 Å². The number of amides is 3. The van der Waals surface area contributed by atoms with Gasteiger partial charge in [-0.1, -0.05) is 6.07 Å². The first-order valence-electron chi connectivity index (χ1n) is 11.2. The molecule has 2 aliphatic rings. The highest BCUT2D eigenvalue weighted by Gasteiger charge is 2.22. The summed E-state index contributed by atoms with van der Waals surface area (Å²) in [4.78, 5) is 42.5. The summed E-state index contributed by atoms with van der Waals surface area (Å²) in [5.41, 5.74) is 2.03. The van der Waals surface area contributed by atoms with Gasteiger partial charge in [-0.05, 0) is 62.4 Å². The van der Waals surface area contributed by atoms with E-state index in [2.05, 4.69) is 15.6 Å². The number of pyridine rings is 1. The molecule has 1 aliphatic carbocycles. The molecule has 32 heavy (non-hydrogen) atoms. The maximum atomic E-state index is 12.4. The molecule has 1 aliphatic heterocycles. The number of carbonyl (C=O) groups excluding carboxylic acids is 3. The SMILES string of the molecule is O=C(CNC(=O)c1ccc(N2CCCC2=O)cc1)NCc1cccnc1OC1CCCC1. The van der Waals surface area contributed by atoms with Crippen molar-refractivity contribution in [1.29, 1.82) is 0 Å². The summed E-state index contributed by atoms with van der Waals surface area (Å²) in [6.07, 6.45) is 7.68. The molecule has 8 nitrogen and oxygen atoms in total. The Morgan fingerprint density at radius 2 is 1.84 bits per heavy atom. The summed E-state index contributed by atoms with van der Waals surface area (Å²) in [5.74, 6) is 0.0176. The van der Waals surface area contributed by atoms with Crippen LogP contribution in [0.1, 0.15) is 54.4 Å². The monoisotopic (exact) mass is 436 g/mol. The maximum absolute atomic E-state index is 12.4. The Morgan fingerprint density at radius 3 is 2.56 bits per heavy atom. The van der Waals surface area contributed by atoms with Crippen molar-refractivity contribution in [3.05, 3.63) is 53.7 Å². The first-order chi connectivity index (χ1) is 15.6. The summed E-state index contributed by atoms with van der Waals surface area (Å²) in [6.45, 7) is 0.850. The third kappa shape index (κ3) is 5.43. The van der Waals surface area contributed by atoms with Crippen molar-refractivity contribution < 1.29 is 19.1 Å². The van der Waals surface area contributed by atoms with E-state index in [1.165, 1.54) is 12.8 Å². The van der Waals surface area contributed by atoms with Crippen LogP contribution in [-0.4, -0.2) is 41.9 Å². The van der Waals surface area contributed by atoms with Crippen LogP contribution < -0.4 is 20.3 Å². The lowest BCUT2D eigenvalue weighted by Crippen LogP contribution is -2.36. The third-order valence-corrected chi connectivity index (χ3v) is 5.83. The molecule has 0 bridgehead atoms. The minimum Gasteiger partial charge on any atom is -0.474 e. The molecule has 0 atom stereocenters. The predicted molar refractivity (Wildman–Crippen MR) is 119 cm³/mol. The molecule has 2 heterocycles. The lowest BCUT2D eigenvalue weighted by molar-refractivity contribution is -0.120. The van der Waals surface area contributed by atoms with Crippen LogP contribution in [0, 0.1) is 0 Å². The molecule has 0 spiro atoms. The van der Waals surface area contributed by atoms with E-state index in [9.17, 15) is 14.4 Å². The minimum absolute atomic E-state index is 0.101. The average Bonchev–Trinajstić information content (AvgIpc) is 3.48. The van der Waals surface area contributed by atoms with Crippen molar-refractivity contribution in [3.63, 3.8) is 0 Å². The lowest BCUT2D eigenvalue weighted by atomic mass is 10.2. The fraction of sp³-hybridized carbons (Fsp3) is 0.417. The van der Waals surface area contributed by atoms with Gasteiger partial charge in [0, 0.05) is 42.5 Å². The molecule has 1 saturated carbocycles. The Kier molecular flexibility index (Phi) is 6.99. The second-order valence-electron chi connectivity index (χ2n) is 8.15. The van der Waals surface area contributed by atoms with Crippen LogP contribution in [0.2, 0.25) is 0 Å². The van der Waals surface area contributed by atoms with E-state index in [-0.39, 0.29) is 36.9 Å². The summed E-state index contributed by atoms with van der Waals surface area (Å²) in [7, 11) is 0. The molecule has 3 amide bonds. The van der Waals surface area contributed by atoms with Gasteiger partial charge in [-0.15, -0.1) is 0 Å². The standard InChI is InChI=1S/C24H28N4O4/c29-21(26-15-18-5-3-13-25-24(18)32-20-6-1-2-7-20)16-27-23(31)17-9-11-19(12-10-17)28-14-4-8-22(28)30/h3,5,9-13,20H,1-2,4,6-8,14-16H2,(H,26,29)(H,27,31). The highest BCUT2D eigenvalue weighted by Crippen LogP contribution is 2.25. The molecule has 0 radical (unpaired) electrons. The zero-order chi connectivity index (χ0) is 22.3. The summed E-state index contributed by atoms with van der Waals surface area (Å²) < 4.78 is 5.99. The zero-order valence-electron chi connectivity index (χ0n) is 18.0. The Morgan fingerprint density at radius 1 is 1.06 bits per heavy atom. The van der Waals surface area contributed by atoms with Gasteiger partial charge in [0.05, 0.1) is 6.54 Å². The number of carbonyl (C=O) groups is 3. The Bertz CT molecular complexity index is 970. The molecule has 1 saturated heterocycles. The molecule has 2 N–H and O–H groups in total. The van der Waals surface area contributed by atoms with Crippen molar-refractivity contribution >= 4 is 23.4 Å².